The quantitative estimate of drug-likeness (QED) is 0.785. The third-order valence-corrected chi connectivity index (χ3v) is 3.41. The number of alkyl halides is 3. The van der Waals surface area contributed by atoms with Crippen molar-refractivity contribution < 1.29 is 27.8 Å². The number of carboxylic acid groups (broad SMARTS) is 1. The van der Waals surface area contributed by atoms with Crippen LogP contribution in [0.1, 0.15) is 15.9 Å². The highest BCUT2D eigenvalue weighted by molar-refractivity contribution is 7.80. The molecule has 0 amide bonds. The number of nitrogens with zero attached hydrogens (tertiary/aromatic N) is 1. The van der Waals surface area contributed by atoms with Crippen molar-refractivity contribution in [1.29, 1.82) is 0 Å². The molecular weight excluding hydrogens is 357 g/mol. The fourth-order valence-corrected chi connectivity index (χ4v) is 2.23. The number of rotatable bonds is 5. The lowest BCUT2D eigenvalue weighted by atomic mass is 10.1. The summed E-state index contributed by atoms with van der Waals surface area (Å²) in [6.45, 7) is 0.231. The molecule has 25 heavy (non-hydrogen) atoms. The van der Waals surface area contributed by atoms with Crippen molar-refractivity contribution in [3.8, 4) is 5.75 Å². The fraction of sp³-hybridized carbons (Fsp3) is 0.125. The molecule has 2 aromatic carbocycles. The molecule has 0 aromatic heterocycles. The Labute approximate surface area is 146 Å². The molecule has 0 radical (unpaired) electrons. The van der Waals surface area contributed by atoms with Gasteiger partial charge in [-0.15, -0.1) is 13.2 Å². The van der Waals surface area contributed by atoms with E-state index in [-0.39, 0.29) is 23.0 Å². The Morgan fingerprint density at radius 2 is 1.68 bits per heavy atom. The molecule has 0 bridgehead atoms. The summed E-state index contributed by atoms with van der Waals surface area (Å²) in [5, 5.41) is 8.91. The van der Waals surface area contributed by atoms with Crippen LogP contribution in [0.25, 0.3) is 0 Å². The zero-order valence-electron chi connectivity index (χ0n) is 12.7. The second kappa shape index (κ2) is 7.39. The van der Waals surface area contributed by atoms with E-state index in [2.05, 4.69) is 4.74 Å². The van der Waals surface area contributed by atoms with Crippen LogP contribution in [0.15, 0.2) is 48.5 Å². The van der Waals surface area contributed by atoms with Crippen LogP contribution in [-0.4, -0.2) is 22.6 Å². The minimum Gasteiger partial charge on any atom is -0.478 e. The van der Waals surface area contributed by atoms with Gasteiger partial charge < -0.3 is 20.5 Å². The average molecular weight is 370 g/mol. The summed E-state index contributed by atoms with van der Waals surface area (Å²) < 4.78 is 40.4. The molecule has 132 valence electrons. The van der Waals surface area contributed by atoms with Gasteiger partial charge in [-0.25, -0.2) is 4.79 Å². The van der Waals surface area contributed by atoms with E-state index in [1.165, 1.54) is 29.2 Å². The van der Waals surface area contributed by atoms with Gasteiger partial charge in [0.25, 0.3) is 0 Å². The van der Waals surface area contributed by atoms with Gasteiger partial charge in [-0.3, -0.25) is 0 Å². The Bertz CT molecular complexity index is 762. The van der Waals surface area contributed by atoms with Crippen molar-refractivity contribution in [3.05, 3.63) is 59.7 Å². The standard InChI is InChI=1S/C16H13F3N2O3S/c17-16(18,19)24-13-7-5-12(6-8-13)21(15(20)25)9-10-1-3-11(4-2-10)14(22)23/h1-8H,9H2,(H2,20,25)(H,22,23). The highest BCUT2D eigenvalue weighted by Gasteiger charge is 2.31. The van der Waals surface area contributed by atoms with Crippen LogP contribution in [0.4, 0.5) is 18.9 Å². The molecule has 0 unspecified atom stereocenters. The molecule has 0 spiro atoms. The Hall–Kier alpha value is -2.81. The van der Waals surface area contributed by atoms with Crippen LogP contribution < -0.4 is 15.4 Å². The number of thiocarbonyl (C=S) groups is 1. The molecule has 0 fully saturated rings. The van der Waals surface area contributed by atoms with Gasteiger partial charge in [0.1, 0.15) is 5.75 Å². The number of ether oxygens (including phenoxy) is 1. The highest BCUT2D eigenvalue weighted by atomic mass is 32.1. The van der Waals surface area contributed by atoms with Crippen LogP contribution in [0.2, 0.25) is 0 Å². The minimum absolute atomic E-state index is 0.0202. The third kappa shape index (κ3) is 5.35. The van der Waals surface area contributed by atoms with Gasteiger partial charge in [0.05, 0.1) is 12.1 Å². The molecule has 0 aliphatic rings. The molecule has 2 rings (SSSR count). The van der Waals surface area contributed by atoms with Crippen LogP contribution >= 0.6 is 12.2 Å². The van der Waals surface area contributed by atoms with E-state index < -0.39 is 12.3 Å². The van der Waals surface area contributed by atoms with E-state index >= 15 is 0 Å². The molecule has 0 saturated heterocycles. The summed E-state index contributed by atoms with van der Waals surface area (Å²) in [4.78, 5) is 12.4. The Morgan fingerprint density at radius 1 is 1.12 bits per heavy atom. The van der Waals surface area contributed by atoms with E-state index in [1.54, 1.807) is 12.1 Å². The average Bonchev–Trinajstić information content (AvgIpc) is 2.52. The maximum atomic E-state index is 12.2. The first kappa shape index (κ1) is 18.5. The molecular formula is C16H13F3N2O3S. The topological polar surface area (TPSA) is 75.8 Å². The predicted molar refractivity (Wildman–Crippen MR) is 89.5 cm³/mol. The van der Waals surface area contributed by atoms with Crippen molar-refractivity contribution in [2.45, 2.75) is 12.9 Å². The number of hydrogen-bond donors (Lipinski definition) is 2. The van der Waals surface area contributed by atoms with Gasteiger partial charge in [0.2, 0.25) is 0 Å². The summed E-state index contributed by atoms with van der Waals surface area (Å²) in [6.07, 6.45) is -4.77. The summed E-state index contributed by atoms with van der Waals surface area (Å²) in [5.74, 6) is -1.40. The van der Waals surface area contributed by atoms with Gasteiger partial charge in [0, 0.05) is 5.69 Å². The summed E-state index contributed by atoms with van der Waals surface area (Å²) in [6, 6.07) is 11.2. The predicted octanol–water partition coefficient (Wildman–Crippen LogP) is 3.53. The molecule has 0 aliphatic carbocycles. The minimum atomic E-state index is -4.77. The number of carbonyl (C=O) groups is 1. The zero-order valence-corrected chi connectivity index (χ0v) is 13.5. The largest absolute Gasteiger partial charge is 0.573 e. The Balaban J connectivity index is 2.17. The number of aromatic carboxylic acids is 1. The monoisotopic (exact) mass is 370 g/mol. The molecule has 9 heteroatoms. The van der Waals surface area contributed by atoms with Gasteiger partial charge >= 0.3 is 12.3 Å². The number of hydrogen-bond acceptors (Lipinski definition) is 3. The lowest BCUT2D eigenvalue weighted by Gasteiger charge is -2.23. The number of nitrogens with two attached hydrogens (primary N) is 1. The third-order valence-electron chi connectivity index (χ3n) is 3.19. The fourth-order valence-electron chi connectivity index (χ4n) is 2.06. The summed E-state index contributed by atoms with van der Waals surface area (Å²) in [5.41, 5.74) is 7.03. The molecule has 0 heterocycles. The van der Waals surface area contributed by atoms with Gasteiger partial charge in [-0.05, 0) is 54.2 Å². The maximum Gasteiger partial charge on any atom is 0.573 e. The van der Waals surface area contributed by atoms with Crippen molar-refractivity contribution >= 4 is 29.0 Å². The lowest BCUT2D eigenvalue weighted by molar-refractivity contribution is -0.274. The Kier molecular flexibility index (Phi) is 5.48. The van der Waals surface area contributed by atoms with Crippen LogP contribution in [0, 0.1) is 0 Å². The highest BCUT2D eigenvalue weighted by Crippen LogP contribution is 2.26. The first-order valence-corrected chi connectivity index (χ1v) is 7.31. The molecule has 3 N–H and O–H groups in total. The van der Waals surface area contributed by atoms with Gasteiger partial charge in [-0.1, -0.05) is 12.1 Å². The van der Waals surface area contributed by atoms with Crippen molar-refractivity contribution in [2.75, 3.05) is 4.90 Å². The van der Waals surface area contributed by atoms with Crippen LogP contribution in [0.3, 0.4) is 0 Å². The summed E-state index contributed by atoms with van der Waals surface area (Å²) in [7, 11) is 0. The first-order chi connectivity index (χ1) is 11.7. The SMILES string of the molecule is NC(=S)N(Cc1ccc(C(=O)O)cc1)c1ccc(OC(F)(F)F)cc1. The van der Waals surface area contributed by atoms with Crippen molar-refractivity contribution in [2.24, 2.45) is 5.73 Å². The molecule has 2 aromatic rings. The van der Waals surface area contributed by atoms with E-state index in [4.69, 9.17) is 23.1 Å². The van der Waals surface area contributed by atoms with E-state index in [1.807, 2.05) is 0 Å². The second-order valence-electron chi connectivity index (χ2n) is 4.97. The smallest absolute Gasteiger partial charge is 0.478 e. The number of carboxylic acids is 1. The van der Waals surface area contributed by atoms with E-state index in [9.17, 15) is 18.0 Å². The molecule has 0 atom stereocenters. The van der Waals surface area contributed by atoms with Gasteiger partial charge in [-0.2, -0.15) is 0 Å². The van der Waals surface area contributed by atoms with E-state index in [0.717, 1.165) is 17.7 Å². The van der Waals surface area contributed by atoms with Gasteiger partial charge in [0.15, 0.2) is 5.11 Å². The first-order valence-electron chi connectivity index (χ1n) is 6.91. The lowest BCUT2D eigenvalue weighted by Crippen LogP contribution is -2.34. The molecule has 0 aliphatic heterocycles. The van der Waals surface area contributed by atoms with E-state index in [0.29, 0.717) is 5.69 Å². The van der Waals surface area contributed by atoms with Crippen molar-refractivity contribution in [3.63, 3.8) is 0 Å². The number of halogens is 3. The summed E-state index contributed by atoms with van der Waals surface area (Å²) >= 11 is 4.98. The maximum absolute atomic E-state index is 12.2. The van der Waals surface area contributed by atoms with Crippen molar-refractivity contribution in [1.82, 2.24) is 0 Å². The number of benzene rings is 2. The van der Waals surface area contributed by atoms with Crippen LogP contribution in [-0.2, 0) is 6.54 Å². The molecule has 0 saturated carbocycles. The normalized spacial score (nSPS) is 11.0. The zero-order chi connectivity index (χ0) is 18.6. The molecule has 5 nitrogen and oxygen atoms in total. The number of anilines is 1. The van der Waals surface area contributed by atoms with Crippen LogP contribution in [0.5, 0.6) is 5.75 Å². The Morgan fingerprint density at radius 3 is 2.12 bits per heavy atom. The second-order valence-corrected chi connectivity index (χ2v) is 5.39.